The molecule has 0 amide bonds. The van der Waals surface area contributed by atoms with Crippen molar-refractivity contribution in [2.75, 3.05) is 13.2 Å². The maximum atomic E-state index is 12.7. The normalized spacial score (nSPS) is 12.4. The van der Waals surface area contributed by atoms with Gasteiger partial charge in [0.25, 0.3) is 0 Å². The highest BCUT2D eigenvalue weighted by Crippen LogP contribution is 2.18. The van der Waals surface area contributed by atoms with E-state index in [4.69, 9.17) is 14.2 Å². The zero-order valence-electron chi connectivity index (χ0n) is 40.2. The second-order valence-corrected chi connectivity index (χ2v) is 18.4. The van der Waals surface area contributed by atoms with Crippen molar-refractivity contribution in [3.63, 3.8) is 0 Å². The summed E-state index contributed by atoms with van der Waals surface area (Å²) in [6.45, 7) is 9.04. The second kappa shape index (κ2) is 47.5. The number of hydrogen-bond donors (Lipinski definition) is 0. The lowest BCUT2D eigenvalue weighted by atomic mass is 9.99. The van der Waals surface area contributed by atoms with E-state index in [9.17, 15) is 14.4 Å². The highest BCUT2D eigenvalue weighted by atomic mass is 16.6. The molecule has 0 bridgehead atoms. The first kappa shape index (κ1) is 57.4. The molecule has 0 radical (unpaired) electrons. The molecule has 0 heterocycles. The summed E-state index contributed by atoms with van der Waals surface area (Å²) in [5, 5.41) is 0. The zero-order chi connectivity index (χ0) is 43.1. The van der Waals surface area contributed by atoms with Crippen molar-refractivity contribution < 1.29 is 28.6 Å². The minimum Gasteiger partial charge on any atom is -0.462 e. The third-order valence-corrected chi connectivity index (χ3v) is 12.4. The first-order chi connectivity index (χ1) is 28.9. The smallest absolute Gasteiger partial charge is 0.306 e. The monoisotopic (exact) mass is 835 g/mol. The highest BCUT2D eigenvalue weighted by molar-refractivity contribution is 5.71. The number of carbonyl (C=O) groups excluding carboxylic acids is 3. The summed E-state index contributed by atoms with van der Waals surface area (Å²) < 4.78 is 16.8. The Morgan fingerprint density at radius 3 is 0.881 bits per heavy atom. The molecule has 0 saturated heterocycles. The van der Waals surface area contributed by atoms with Crippen molar-refractivity contribution in [2.24, 2.45) is 5.92 Å². The summed E-state index contributed by atoms with van der Waals surface area (Å²) in [6, 6.07) is 0. The molecule has 59 heavy (non-hydrogen) atoms. The Morgan fingerprint density at radius 2 is 0.593 bits per heavy atom. The minimum absolute atomic E-state index is 0.0632. The van der Waals surface area contributed by atoms with Crippen LogP contribution >= 0.6 is 0 Å². The van der Waals surface area contributed by atoms with Crippen LogP contribution in [0.3, 0.4) is 0 Å². The number of rotatable bonds is 48. The van der Waals surface area contributed by atoms with Crippen LogP contribution in [0.25, 0.3) is 0 Å². The van der Waals surface area contributed by atoms with E-state index in [1.165, 1.54) is 193 Å². The predicted molar refractivity (Wildman–Crippen MR) is 252 cm³/mol. The maximum absolute atomic E-state index is 12.7. The molecule has 0 aliphatic rings. The molecule has 6 nitrogen and oxygen atoms in total. The van der Waals surface area contributed by atoms with Gasteiger partial charge in [-0.3, -0.25) is 14.4 Å². The second-order valence-electron chi connectivity index (χ2n) is 18.4. The molecule has 0 aliphatic heterocycles. The van der Waals surface area contributed by atoms with Crippen LogP contribution < -0.4 is 0 Å². The summed E-state index contributed by atoms with van der Waals surface area (Å²) in [5.41, 5.74) is 0. The van der Waals surface area contributed by atoms with Crippen molar-refractivity contribution in [1.29, 1.82) is 0 Å². The van der Waals surface area contributed by atoms with Gasteiger partial charge in [0.05, 0.1) is 0 Å². The van der Waals surface area contributed by atoms with E-state index < -0.39 is 6.10 Å². The largest absolute Gasteiger partial charge is 0.462 e. The SMILES string of the molecule is CCCCCCCCCCCCCCCCCCC(=O)OC[C@@H](COC(=O)CCCCCCCCCCCCCCCCC(C)CC)OC(=O)CCCCCCCCC. The Hall–Kier alpha value is -1.59. The third-order valence-electron chi connectivity index (χ3n) is 12.4. The van der Waals surface area contributed by atoms with Crippen LogP contribution in [0.4, 0.5) is 0 Å². The van der Waals surface area contributed by atoms with Gasteiger partial charge >= 0.3 is 17.9 Å². The zero-order valence-corrected chi connectivity index (χ0v) is 40.2. The molecule has 0 aromatic carbocycles. The quantitative estimate of drug-likeness (QED) is 0.0345. The van der Waals surface area contributed by atoms with Crippen LogP contribution in [-0.4, -0.2) is 37.2 Å². The molecule has 1 unspecified atom stereocenters. The molecular weight excluding hydrogens is 733 g/mol. The van der Waals surface area contributed by atoms with Gasteiger partial charge in [0.15, 0.2) is 6.10 Å². The third kappa shape index (κ3) is 45.8. The van der Waals surface area contributed by atoms with Gasteiger partial charge in [-0.2, -0.15) is 0 Å². The lowest BCUT2D eigenvalue weighted by Crippen LogP contribution is -2.30. The van der Waals surface area contributed by atoms with Gasteiger partial charge < -0.3 is 14.2 Å². The number of hydrogen-bond acceptors (Lipinski definition) is 6. The fourth-order valence-corrected chi connectivity index (χ4v) is 8.01. The van der Waals surface area contributed by atoms with Crippen LogP contribution in [0, 0.1) is 5.92 Å². The molecule has 0 aliphatic carbocycles. The first-order valence-corrected chi connectivity index (χ1v) is 26.4. The molecule has 6 heteroatoms. The summed E-state index contributed by atoms with van der Waals surface area (Å²) >= 11 is 0. The first-order valence-electron chi connectivity index (χ1n) is 26.4. The summed E-state index contributed by atoms with van der Waals surface area (Å²) in [5.74, 6) is 0.0457. The fourth-order valence-electron chi connectivity index (χ4n) is 8.01. The number of ether oxygens (including phenoxy) is 3. The van der Waals surface area contributed by atoms with Crippen LogP contribution in [0.15, 0.2) is 0 Å². The van der Waals surface area contributed by atoms with Crippen LogP contribution in [0.5, 0.6) is 0 Å². The number of carbonyl (C=O) groups is 3. The average molecular weight is 835 g/mol. The minimum atomic E-state index is -0.759. The van der Waals surface area contributed by atoms with Crippen molar-refractivity contribution in [3.05, 3.63) is 0 Å². The Balaban J connectivity index is 4.14. The highest BCUT2D eigenvalue weighted by Gasteiger charge is 2.19. The van der Waals surface area contributed by atoms with E-state index >= 15 is 0 Å². The molecule has 350 valence electrons. The molecule has 2 atom stereocenters. The maximum Gasteiger partial charge on any atom is 0.306 e. The lowest BCUT2D eigenvalue weighted by Gasteiger charge is -2.18. The van der Waals surface area contributed by atoms with E-state index in [0.29, 0.717) is 19.3 Å². The van der Waals surface area contributed by atoms with Gasteiger partial charge in [0.2, 0.25) is 0 Å². The molecule has 0 N–H and O–H groups in total. The molecule has 0 rings (SSSR count). The van der Waals surface area contributed by atoms with Crippen molar-refractivity contribution in [1.82, 2.24) is 0 Å². The van der Waals surface area contributed by atoms with Gasteiger partial charge in [0, 0.05) is 19.3 Å². The Labute approximate surface area is 368 Å². The molecule has 0 aromatic heterocycles. The van der Waals surface area contributed by atoms with E-state index in [1.54, 1.807) is 0 Å². The van der Waals surface area contributed by atoms with E-state index in [0.717, 1.165) is 63.7 Å². The van der Waals surface area contributed by atoms with Gasteiger partial charge in [-0.1, -0.05) is 259 Å². The number of esters is 3. The van der Waals surface area contributed by atoms with Gasteiger partial charge in [-0.15, -0.1) is 0 Å². The molecule has 0 aromatic rings. The van der Waals surface area contributed by atoms with Crippen LogP contribution in [0.2, 0.25) is 0 Å². The van der Waals surface area contributed by atoms with Crippen molar-refractivity contribution in [2.45, 2.75) is 303 Å². The topological polar surface area (TPSA) is 78.9 Å². The summed E-state index contributed by atoms with van der Waals surface area (Å²) in [6.07, 6.45) is 49.5. The average Bonchev–Trinajstić information content (AvgIpc) is 3.23. The van der Waals surface area contributed by atoms with Crippen LogP contribution in [-0.2, 0) is 28.6 Å². The predicted octanol–water partition coefficient (Wildman–Crippen LogP) is 17.1. The summed E-state index contributed by atoms with van der Waals surface area (Å²) in [4.78, 5) is 37.8. The molecule has 0 saturated carbocycles. The van der Waals surface area contributed by atoms with E-state index in [-0.39, 0.29) is 31.1 Å². The van der Waals surface area contributed by atoms with Crippen molar-refractivity contribution in [3.8, 4) is 0 Å². The van der Waals surface area contributed by atoms with Gasteiger partial charge in [0.1, 0.15) is 13.2 Å². The lowest BCUT2D eigenvalue weighted by molar-refractivity contribution is -0.167. The summed E-state index contributed by atoms with van der Waals surface area (Å²) in [7, 11) is 0. The van der Waals surface area contributed by atoms with Gasteiger partial charge in [-0.05, 0) is 25.2 Å². The Bertz CT molecular complexity index is 889. The molecule has 0 spiro atoms. The van der Waals surface area contributed by atoms with E-state index in [2.05, 4.69) is 27.7 Å². The molecular formula is C53H102O6. The fraction of sp³-hybridized carbons (Fsp3) is 0.943. The van der Waals surface area contributed by atoms with E-state index in [1.807, 2.05) is 0 Å². The molecule has 0 fully saturated rings. The van der Waals surface area contributed by atoms with Gasteiger partial charge in [-0.25, -0.2) is 0 Å². The van der Waals surface area contributed by atoms with Crippen LogP contribution in [0.1, 0.15) is 297 Å². The number of unbranched alkanes of at least 4 members (excludes halogenated alkanes) is 34. The Morgan fingerprint density at radius 1 is 0.339 bits per heavy atom. The van der Waals surface area contributed by atoms with Crippen molar-refractivity contribution >= 4 is 17.9 Å². The standard InChI is InChI=1S/C53H102O6/c1-5-8-10-12-14-15-16-17-18-19-23-26-29-33-36-40-44-51(54)57-47-50(59-53(56)46-42-38-31-13-11-9-6-2)48-58-52(55)45-41-37-34-30-27-24-21-20-22-25-28-32-35-39-43-49(4)7-3/h49-50H,5-48H2,1-4H3/t49?,50-/m0/s1. The Kier molecular flexibility index (Phi) is 46.2.